The van der Waals surface area contributed by atoms with Gasteiger partial charge >= 0.3 is 0 Å². The number of nitrogens with zero attached hydrogens (tertiary/aromatic N) is 2. The molecule has 0 aliphatic carbocycles. The van der Waals surface area contributed by atoms with Crippen molar-refractivity contribution in [1.82, 2.24) is 0 Å². The number of hydrogen-bond donors (Lipinski definition) is 0. The van der Waals surface area contributed by atoms with E-state index >= 15 is 0 Å². The standard InChI is InChI=1S/C55H90N2/c1-4-7-10-12-14-15-16-17-18-19-20-21-22-23-24-25-26-27-28-29-30-31-32-33-34-35-38-42-51-47-49-53(50-48-51)57-55(46-41-36-13-11-8-5-2)54(45-9-6-3)56-52-43-39-37-40-44-52/h37,39-40,43-44,47-50H,4-36,41,45-46H2,1-3H3. The van der Waals surface area contributed by atoms with Gasteiger partial charge in [0.05, 0.1) is 22.8 Å². The molecule has 0 saturated heterocycles. The van der Waals surface area contributed by atoms with Gasteiger partial charge in [-0.05, 0) is 68.5 Å². The lowest BCUT2D eigenvalue weighted by Crippen LogP contribution is -2.14. The fraction of sp³-hybridized carbons (Fsp3) is 0.709. The Morgan fingerprint density at radius 2 is 0.684 bits per heavy atom. The van der Waals surface area contributed by atoms with Crippen molar-refractivity contribution in [2.75, 3.05) is 0 Å². The molecule has 2 heteroatoms. The molecule has 0 heterocycles. The summed E-state index contributed by atoms with van der Waals surface area (Å²) >= 11 is 0. The van der Waals surface area contributed by atoms with Crippen LogP contribution in [0.25, 0.3) is 0 Å². The van der Waals surface area contributed by atoms with E-state index in [1.54, 1.807) is 0 Å². The highest BCUT2D eigenvalue weighted by molar-refractivity contribution is 6.43. The minimum absolute atomic E-state index is 0.975. The van der Waals surface area contributed by atoms with Crippen molar-refractivity contribution in [3.05, 3.63) is 60.2 Å². The van der Waals surface area contributed by atoms with Gasteiger partial charge in [0, 0.05) is 12.0 Å². The predicted molar refractivity (Wildman–Crippen MR) is 257 cm³/mol. The van der Waals surface area contributed by atoms with Gasteiger partial charge in [0.1, 0.15) is 0 Å². The lowest BCUT2D eigenvalue weighted by molar-refractivity contribution is 0.516. The van der Waals surface area contributed by atoms with Crippen LogP contribution in [0, 0.1) is 11.8 Å². The minimum atomic E-state index is 0.975. The first-order valence-corrected chi connectivity index (χ1v) is 25.1. The number of benzene rings is 2. The third-order valence-electron chi connectivity index (χ3n) is 11.7. The minimum Gasteiger partial charge on any atom is -0.252 e. The van der Waals surface area contributed by atoms with Crippen molar-refractivity contribution in [1.29, 1.82) is 0 Å². The number of aliphatic imine (C=N–C) groups is 2. The van der Waals surface area contributed by atoms with E-state index in [4.69, 9.17) is 9.98 Å². The summed E-state index contributed by atoms with van der Waals surface area (Å²) in [5.74, 6) is 6.85. The van der Waals surface area contributed by atoms with Crippen molar-refractivity contribution < 1.29 is 0 Å². The zero-order valence-electron chi connectivity index (χ0n) is 38.0. The van der Waals surface area contributed by atoms with Crippen LogP contribution < -0.4 is 0 Å². The van der Waals surface area contributed by atoms with Crippen LogP contribution >= 0.6 is 0 Å². The Balaban J connectivity index is 1.55. The summed E-state index contributed by atoms with van der Waals surface area (Å²) < 4.78 is 0. The molecule has 0 aromatic heterocycles. The Morgan fingerprint density at radius 3 is 1.09 bits per heavy atom. The maximum atomic E-state index is 5.22. The quantitative estimate of drug-likeness (QED) is 0.0368. The number of unbranched alkanes of at least 4 members (excludes halogenated alkanes) is 31. The monoisotopic (exact) mass is 779 g/mol. The molecule has 0 atom stereocenters. The number of rotatable bonds is 38. The van der Waals surface area contributed by atoms with Gasteiger partial charge < -0.3 is 0 Å². The van der Waals surface area contributed by atoms with Gasteiger partial charge in [0.2, 0.25) is 0 Å². The molecule has 0 unspecified atom stereocenters. The van der Waals surface area contributed by atoms with Crippen molar-refractivity contribution in [3.63, 3.8) is 0 Å². The van der Waals surface area contributed by atoms with Crippen molar-refractivity contribution in [2.45, 2.75) is 252 Å². The van der Waals surface area contributed by atoms with E-state index in [0.717, 1.165) is 60.5 Å². The highest BCUT2D eigenvalue weighted by Crippen LogP contribution is 2.21. The fourth-order valence-corrected chi connectivity index (χ4v) is 7.90. The molecule has 2 nitrogen and oxygen atoms in total. The molecule has 0 fully saturated rings. The maximum absolute atomic E-state index is 5.22. The van der Waals surface area contributed by atoms with Gasteiger partial charge in [0.25, 0.3) is 0 Å². The van der Waals surface area contributed by atoms with Gasteiger partial charge in [-0.3, -0.25) is 9.98 Å². The molecule has 0 N–H and O–H groups in total. The highest BCUT2D eigenvalue weighted by atomic mass is 14.8. The van der Waals surface area contributed by atoms with E-state index in [0.29, 0.717) is 0 Å². The van der Waals surface area contributed by atoms with Gasteiger partial charge in [0.15, 0.2) is 0 Å². The molecule has 0 saturated carbocycles. The van der Waals surface area contributed by atoms with E-state index in [9.17, 15) is 0 Å². The number of para-hydroxylation sites is 1. The Morgan fingerprint density at radius 1 is 0.351 bits per heavy atom. The summed E-state index contributed by atoms with van der Waals surface area (Å²) in [5.41, 5.74) is 5.44. The zero-order chi connectivity index (χ0) is 40.5. The first kappa shape index (κ1) is 50.5. The topological polar surface area (TPSA) is 24.7 Å². The van der Waals surface area contributed by atoms with Crippen molar-refractivity contribution in [2.24, 2.45) is 9.98 Å². The Kier molecular flexibility index (Phi) is 34.4. The average Bonchev–Trinajstić information content (AvgIpc) is 3.23. The van der Waals surface area contributed by atoms with Gasteiger partial charge in [-0.15, -0.1) is 0 Å². The van der Waals surface area contributed by atoms with Crippen LogP contribution in [-0.2, 0) is 0 Å². The first-order valence-electron chi connectivity index (χ1n) is 25.1. The SMILES string of the molecule is CCCCCCCCCCCCCCCCCCCCCCCCCCCC#Cc1ccc(N=C(CCCCCCCC)C(CCCC)=Nc2ccccc2)cc1. The van der Waals surface area contributed by atoms with E-state index in [1.807, 2.05) is 0 Å². The van der Waals surface area contributed by atoms with Crippen LogP contribution in [0.5, 0.6) is 0 Å². The summed E-state index contributed by atoms with van der Waals surface area (Å²) in [7, 11) is 0. The van der Waals surface area contributed by atoms with E-state index < -0.39 is 0 Å². The first-order chi connectivity index (χ1) is 28.3. The molecule has 0 aliphatic heterocycles. The molecule has 0 amide bonds. The van der Waals surface area contributed by atoms with Crippen LogP contribution in [0.1, 0.15) is 257 Å². The molecule has 0 aliphatic rings. The fourth-order valence-electron chi connectivity index (χ4n) is 7.90. The molecule has 0 spiro atoms. The third-order valence-corrected chi connectivity index (χ3v) is 11.7. The van der Waals surface area contributed by atoms with Crippen molar-refractivity contribution >= 4 is 22.8 Å². The van der Waals surface area contributed by atoms with Crippen LogP contribution in [0.15, 0.2) is 64.6 Å². The molecular formula is C55H90N2. The molecule has 2 aromatic carbocycles. The second-order valence-electron chi connectivity index (χ2n) is 17.2. The van der Waals surface area contributed by atoms with Crippen LogP contribution in [-0.4, -0.2) is 11.4 Å². The molecule has 2 rings (SSSR count). The normalized spacial score (nSPS) is 11.9. The van der Waals surface area contributed by atoms with Gasteiger partial charge in [-0.2, -0.15) is 0 Å². The Bertz CT molecular complexity index is 1280. The lowest BCUT2D eigenvalue weighted by Gasteiger charge is -2.11. The summed E-state index contributed by atoms with van der Waals surface area (Å²) in [6.45, 7) is 6.85. The van der Waals surface area contributed by atoms with Crippen LogP contribution in [0.4, 0.5) is 11.4 Å². The molecule has 320 valence electrons. The summed E-state index contributed by atoms with van der Waals surface area (Å²) in [5, 5.41) is 0. The second kappa shape index (κ2) is 38.8. The maximum Gasteiger partial charge on any atom is 0.0634 e. The van der Waals surface area contributed by atoms with E-state index in [-0.39, 0.29) is 0 Å². The highest BCUT2D eigenvalue weighted by Gasteiger charge is 2.11. The number of hydrogen-bond acceptors (Lipinski definition) is 2. The van der Waals surface area contributed by atoms with E-state index in [2.05, 4.69) is 87.2 Å². The molecule has 57 heavy (non-hydrogen) atoms. The smallest absolute Gasteiger partial charge is 0.0634 e. The molecule has 0 radical (unpaired) electrons. The molecule has 2 aromatic rings. The van der Waals surface area contributed by atoms with Crippen LogP contribution in [0.2, 0.25) is 0 Å². The largest absolute Gasteiger partial charge is 0.252 e. The Hall–Kier alpha value is -2.66. The van der Waals surface area contributed by atoms with Gasteiger partial charge in [-0.25, -0.2) is 0 Å². The summed E-state index contributed by atoms with van der Waals surface area (Å²) in [6, 6.07) is 19.0. The predicted octanol–water partition coefficient (Wildman–Crippen LogP) is 19.0. The lowest BCUT2D eigenvalue weighted by atomic mass is 10.0. The van der Waals surface area contributed by atoms with Crippen molar-refractivity contribution in [3.8, 4) is 11.8 Å². The second-order valence-corrected chi connectivity index (χ2v) is 17.2. The summed E-state index contributed by atoms with van der Waals surface area (Å²) in [6.07, 6.45) is 48.8. The third kappa shape index (κ3) is 30.1. The van der Waals surface area contributed by atoms with E-state index in [1.165, 1.54) is 199 Å². The zero-order valence-corrected chi connectivity index (χ0v) is 38.0. The summed E-state index contributed by atoms with van der Waals surface area (Å²) in [4.78, 5) is 10.3. The Labute approximate surface area is 355 Å². The molecular weight excluding hydrogens is 689 g/mol. The van der Waals surface area contributed by atoms with Crippen LogP contribution in [0.3, 0.4) is 0 Å². The van der Waals surface area contributed by atoms with Gasteiger partial charge in [-0.1, -0.05) is 243 Å². The molecule has 0 bridgehead atoms. The average molecular weight is 779 g/mol.